The van der Waals surface area contributed by atoms with Gasteiger partial charge >= 0.3 is 48.8 Å². The van der Waals surface area contributed by atoms with E-state index >= 15 is 0 Å². The van der Waals surface area contributed by atoms with Gasteiger partial charge in [0.25, 0.3) is 0 Å². The van der Waals surface area contributed by atoms with Crippen molar-refractivity contribution in [3.8, 4) is 0 Å². The van der Waals surface area contributed by atoms with Crippen molar-refractivity contribution in [2.75, 3.05) is 47.9 Å². The summed E-state index contributed by atoms with van der Waals surface area (Å²) in [4.78, 5) is 79.7. The van der Waals surface area contributed by atoms with Crippen molar-refractivity contribution in [3.63, 3.8) is 0 Å². The Kier molecular flexibility index (Phi) is 18.4. The van der Waals surface area contributed by atoms with Crippen molar-refractivity contribution in [2.24, 2.45) is 0 Å². The van der Waals surface area contributed by atoms with E-state index in [9.17, 15) is 82.1 Å². The van der Waals surface area contributed by atoms with Crippen LogP contribution in [-0.2, 0) is 34.4 Å². The van der Waals surface area contributed by atoms with Crippen molar-refractivity contribution in [1.82, 2.24) is 39.9 Å². The molecular weight excluding hydrogens is 1080 g/mol. The number of alkyl halides is 12. The first-order valence-electron chi connectivity index (χ1n) is 22.9. The highest BCUT2D eigenvalue weighted by atomic mass is 19.4. The van der Waals surface area contributed by atoms with Gasteiger partial charge in [-0.3, -0.25) is 19.5 Å². The van der Waals surface area contributed by atoms with Gasteiger partial charge in [0.2, 0.25) is 0 Å². The van der Waals surface area contributed by atoms with Crippen LogP contribution < -0.4 is 19.6 Å². The van der Waals surface area contributed by atoms with Crippen LogP contribution >= 0.6 is 0 Å². The second kappa shape index (κ2) is 23.3. The Balaban J connectivity index is 0.000000192. The maximum Gasteiger partial charge on any atom is 0.416 e. The Morgan fingerprint density at radius 2 is 0.654 bits per heavy atom. The van der Waals surface area contributed by atoms with E-state index in [-0.39, 0.29) is 53.5 Å². The molecule has 4 fully saturated rings. The van der Waals surface area contributed by atoms with E-state index in [0.29, 0.717) is 6.07 Å². The molecule has 0 radical (unpaired) electrons. The van der Waals surface area contributed by atoms with E-state index < -0.39 is 89.6 Å². The lowest BCUT2D eigenvalue weighted by Gasteiger charge is -2.21. The highest BCUT2D eigenvalue weighted by Crippen LogP contribution is 2.38. The van der Waals surface area contributed by atoms with Crippen LogP contribution in [0.4, 0.5) is 95.1 Å². The van der Waals surface area contributed by atoms with Gasteiger partial charge in [0.1, 0.15) is 29.3 Å². The van der Waals surface area contributed by atoms with Crippen LogP contribution in [0, 0.1) is 0 Å². The van der Waals surface area contributed by atoms with Crippen molar-refractivity contribution >= 4 is 47.4 Å². The number of hydroxylamine groups is 4. The molecule has 4 aliphatic heterocycles. The highest BCUT2D eigenvalue weighted by molar-refractivity contribution is 5.96. The van der Waals surface area contributed by atoms with Gasteiger partial charge in [-0.05, 0) is 90.1 Å². The number of carbonyl (C=O) groups excluding carboxylic acids is 4. The van der Waals surface area contributed by atoms with Gasteiger partial charge in [0.05, 0.1) is 66.7 Å². The van der Waals surface area contributed by atoms with Crippen LogP contribution in [0.3, 0.4) is 0 Å². The minimum atomic E-state index is -4.56. The van der Waals surface area contributed by atoms with E-state index in [1.165, 1.54) is 47.8 Å². The first kappa shape index (κ1) is 61.5. The second-order valence-electron chi connectivity index (χ2n) is 17.7. The quantitative estimate of drug-likeness (QED) is 0.174. The summed E-state index contributed by atoms with van der Waals surface area (Å²) in [7, 11) is 5.65. The van der Waals surface area contributed by atoms with E-state index in [1.54, 1.807) is 34.7 Å². The molecule has 0 bridgehead atoms. The molecule has 32 heteroatoms. The summed E-state index contributed by atoms with van der Waals surface area (Å²) in [6, 6.07) is 2.12. The fourth-order valence-electron chi connectivity index (χ4n) is 8.00. The van der Waals surface area contributed by atoms with Gasteiger partial charge in [-0.15, -0.1) is 0 Å². The number of pyridine rings is 4. The van der Waals surface area contributed by atoms with Crippen LogP contribution in [0.1, 0.15) is 63.8 Å². The minimum Gasteiger partial charge on any atom is -0.371 e. The first-order valence-corrected chi connectivity index (χ1v) is 22.9. The maximum absolute atomic E-state index is 12.7. The zero-order valence-corrected chi connectivity index (χ0v) is 42.8. The molecule has 428 valence electrons. The molecule has 0 aromatic carbocycles. The zero-order chi connectivity index (χ0) is 58.9. The van der Waals surface area contributed by atoms with Crippen LogP contribution in [0.25, 0.3) is 0 Å². The molecule has 4 aromatic rings. The van der Waals surface area contributed by atoms with Gasteiger partial charge in [-0.25, -0.2) is 48.9 Å². The highest BCUT2D eigenvalue weighted by Gasteiger charge is 2.47. The number of likely N-dealkylation sites (N-methyl/N-ethyl adjacent to an activating group) is 2. The molecule has 4 unspecified atom stereocenters. The topological polar surface area (TPSA) is 205 Å². The molecule has 4 aromatic heterocycles. The Morgan fingerprint density at radius 1 is 0.397 bits per heavy atom. The number of nitrogens with zero attached hydrogens (tertiary/aromatic N) is 12. The number of urea groups is 4. The van der Waals surface area contributed by atoms with Crippen molar-refractivity contribution < 1.29 is 91.8 Å². The third-order valence-corrected chi connectivity index (χ3v) is 13.0. The predicted molar refractivity (Wildman–Crippen MR) is 250 cm³/mol. The van der Waals surface area contributed by atoms with Gasteiger partial charge in [-0.2, -0.15) is 62.8 Å². The number of aliphatic hydroxyl groups excluding tert-OH is 2. The Hall–Kier alpha value is -7.32. The van der Waals surface area contributed by atoms with Crippen molar-refractivity contribution in [3.05, 3.63) is 95.6 Å². The summed E-state index contributed by atoms with van der Waals surface area (Å²) in [6.07, 6.45) is -16.6. The van der Waals surface area contributed by atoms with Crippen LogP contribution in [0.2, 0.25) is 0 Å². The maximum atomic E-state index is 12.7. The molecule has 8 amide bonds. The average Bonchev–Trinajstić information content (AvgIpc) is 3.89. The van der Waals surface area contributed by atoms with Crippen molar-refractivity contribution in [2.45, 2.75) is 115 Å². The molecular formula is C46H52F12N12O8. The largest absolute Gasteiger partial charge is 0.416 e. The predicted octanol–water partition coefficient (Wildman–Crippen LogP) is 8.72. The summed E-state index contributed by atoms with van der Waals surface area (Å²) in [5.74, 6) is -0.514. The molecule has 0 saturated carbocycles. The lowest BCUT2D eigenvalue weighted by Crippen LogP contribution is -2.36. The lowest BCUT2D eigenvalue weighted by molar-refractivity contribution is -0.138. The molecule has 4 saturated heterocycles. The molecule has 8 rings (SSSR count). The monoisotopic (exact) mass is 1130 g/mol. The van der Waals surface area contributed by atoms with E-state index in [0.717, 1.165) is 87.2 Å². The molecule has 8 atom stereocenters. The van der Waals surface area contributed by atoms with E-state index in [2.05, 4.69) is 19.9 Å². The van der Waals surface area contributed by atoms with Crippen molar-refractivity contribution in [1.29, 1.82) is 0 Å². The minimum absolute atomic E-state index is 0.0310. The normalized spacial score (nSPS) is 23.9. The third kappa shape index (κ3) is 12.8. The van der Waals surface area contributed by atoms with Crippen LogP contribution in [0.15, 0.2) is 73.3 Å². The molecule has 4 aliphatic rings. The number of carbonyl (C=O) groups is 4. The van der Waals surface area contributed by atoms with Crippen LogP contribution in [0.5, 0.6) is 0 Å². The number of aliphatic hydroxyl groups is 2. The summed E-state index contributed by atoms with van der Waals surface area (Å²) in [5.41, 5.74) is -3.52. The van der Waals surface area contributed by atoms with E-state index in [1.807, 2.05) is 6.92 Å². The van der Waals surface area contributed by atoms with E-state index in [4.69, 9.17) is 9.68 Å². The lowest BCUT2D eigenvalue weighted by atomic mass is 10.1. The molecule has 8 heterocycles. The number of rotatable bonds is 6. The summed E-state index contributed by atoms with van der Waals surface area (Å²) >= 11 is 0. The van der Waals surface area contributed by atoms with Crippen LogP contribution in [-0.4, -0.2) is 151 Å². The zero-order valence-electron chi connectivity index (χ0n) is 42.8. The second-order valence-corrected chi connectivity index (χ2v) is 17.7. The Morgan fingerprint density at radius 3 is 0.923 bits per heavy atom. The number of halogens is 12. The number of anilines is 4. The first-order chi connectivity index (χ1) is 36.0. The Labute approximate surface area is 436 Å². The number of amides is 8. The fourth-order valence-corrected chi connectivity index (χ4v) is 8.00. The molecule has 20 nitrogen and oxygen atoms in total. The molecule has 2 N–H and O–H groups in total. The molecule has 0 spiro atoms. The van der Waals surface area contributed by atoms with Gasteiger partial charge < -0.3 is 20.0 Å². The fraction of sp³-hybridized carbons (Fsp3) is 0.478. The molecule has 0 aliphatic carbocycles. The van der Waals surface area contributed by atoms with Gasteiger partial charge in [0.15, 0.2) is 12.5 Å². The Bertz CT molecular complexity index is 2610. The third-order valence-electron chi connectivity index (χ3n) is 13.0. The number of hydrogen-bond donors (Lipinski definition) is 2. The SMILES string of the molecule is CC1[C@@H](C)N(C)C(=O)N1c1cc(C(F)(F)F)ccn1.CON1C(=O)N(c2cc(C(F)(F)F)ccn2)C(C)[C@H]1C.CON1C(=O)N(c2cc(C(F)(F)F)ccn2)C(O)[C@@H]1C.C[C@H]1C(O)N(c2cc(C(F)(F)F)ccn2)C(=O)N1C. The average molecular weight is 1130 g/mol. The van der Waals surface area contributed by atoms with Gasteiger partial charge in [0, 0.05) is 38.9 Å². The number of aromatic nitrogens is 4. The van der Waals surface area contributed by atoms with Gasteiger partial charge in [-0.1, -0.05) is 0 Å². The summed E-state index contributed by atoms with van der Waals surface area (Å²) < 4.78 is 152. The summed E-state index contributed by atoms with van der Waals surface area (Å²) in [6.45, 7) is 10.2. The number of hydrogen-bond acceptors (Lipinski definition) is 12. The molecule has 78 heavy (non-hydrogen) atoms. The standard InChI is InChI=1S/C12H14F3N3O2.C12H14F3N3O.C11H12F3N3O3.C11H12F3N3O2/c1-7-8(2)18(20-3)11(19)17(7)10-6-9(4-5-16-10)12(13,14)15;1-7-8(2)18(11(19)17(7)3)10-6-9(4-5-16-10)12(13,14)15;1-6-9(18)16(10(19)17(6)20-2)8-5-7(3-4-15-8)11(12,13)14;1-6-9(18)17(10(19)16(6)2)8-5-7(3-4-15-8)11(12,13)14/h4-8H,1-3H3;4-8H,1-3H3;3-6,9,18H,1-2H3;3-6,9,18H,1-2H3/t7?,8-;7-,8?;2*6-,9?/m1100/s1. The summed E-state index contributed by atoms with van der Waals surface area (Å²) in [5, 5.41) is 21.8. The smallest absolute Gasteiger partial charge is 0.371 e.